The van der Waals surface area contributed by atoms with E-state index in [1.54, 1.807) is 16.7 Å². The number of nitrogens with one attached hydrogen (secondary N) is 1. The van der Waals surface area contributed by atoms with Crippen molar-refractivity contribution in [3.63, 3.8) is 0 Å². The van der Waals surface area contributed by atoms with Gasteiger partial charge in [0.15, 0.2) is 5.17 Å². The number of amides is 1. The quantitative estimate of drug-likeness (QED) is 0.787. The highest BCUT2D eigenvalue weighted by atomic mass is 32.2. The Balaban J connectivity index is 1.84. The van der Waals surface area contributed by atoms with E-state index in [9.17, 15) is 4.79 Å². The van der Waals surface area contributed by atoms with Crippen LogP contribution in [0.2, 0.25) is 0 Å². The molecule has 2 aliphatic heterocycles. The van der Waals surface area contributed by atoms with Crippen molar-refractivity contribution in [2.75, 3.05) is 19.3 Å². The van der Waals surface area contributed by atoms with Crippen LogP contribution >= 0.6 is 11.8 Å². The zero-order valence-electron chi connectivity index (χ0n) is 9.90. The molecule has 0 aromatic rings. The minimum Gasteiger partial charge on any atom is -0.360 e. The summed E-state index contributed by atoms with van der Waals surface area (Å²) in [5, 5.41) is 4.52. The van der Waals surface area contributed by atoms with Gasteiger partial charge in [-0.3, -0.25) is 9.79 Å². The highest BCUT2D eigenvalue weighted by Gasteiger charge is 2.25. The highest BCUT2D eigenvalue weighted by Crippen LogP contribution is 2.20. The van der Waals surface area contributed by atoms with Crippen LogP contribution in [0.3, 0.4) is 0 Å². The standard InChI is InChI=1S/C11H19N3OS/c1-3-8-7-16-11(12-8)13-9-4-5-10(15)14(2)6-9/h8-9H,3-7H2,1-2H3,(H,12,13). The number of rotatable bonds is 2. The lowest BCUT2D eigenvalue weighted by Crippen LogP contribution is -2.47. The van der Waals surface area contributed by atoms with Crippen LogP contribution in [-0.2, 0) is 4.79 Å². The van der Waals surface area contributed by atoms with Crippen LogP contribution in [0.15, 0.2) is 4.99 Å². The van der Waals surface area contributed by atoms with Gasteiger partial charge in [0.2, 0.25) is 5.91 Å². The Morgan fingerprint density at radius 2 is 2.44 bits per heavy atom. The number of carbonyl (C=O) groups is 1. The first-order chi connectivity index (χ1) is 7.69. The molecule has 2 aliphatic rings. The predicted molar refractivity (Wildman–Crippen MR) is 67.8 cm³/mol. The second-order valence-corrected chi connectivity index (χ2v) is 5.47. The molecule has 2 unspecified atom stereocenters. The third-order valence-corrected chi connectivity index (χ3v) is 4.19. The van der Waals surface area contributed by atoms with Gasteiger partial charge in [-0.05, 0) is 12.8 Å². The molecule has 0 bridgehead atoms. The smallest absolute Gasteiger partial charge is 0.222 e. The number of hydrogen-bond donors (Lipinski definition) is 1. The van der Waals surface area contributed by atoms with E-state index >= 15 is 0 Å². The lowest BCUT2D eigenvalue weighted by atomic mass is 10.1. The number of nitrogens with zero attached hydrogens (tertiary/aromatic N) is 2. The van der Waals surface area contributed by atoms with Crippen LogP contribution in [0.4, 0.5) is 0 Å². The predicted octanol–water partition coefficient (Wildman–Crippen LogP) is 1.08. The molecule has 4 nitrogen and oxygen atoms in total. The molecule has 2 atom stereocenters. The molecule has 0 aromatic heterocycles. The molecule has 1 amide bonds. The highest BCUT2D eigenvalue weighted by molar-refractivity contribution is 8.14. The molecule has 1 saturated heterocycles. The van der Waals surface area contributed by atoms with Crippen molar-refractivity contribution in [1.82, 2.24) is 10.2 Å². The summed E-state index contributed by atoms with van der Waals surface area (Å²) in [7, 11) is 1.87. The minimum absolute atomic E-state index is 0.255. The van der Waals surface area contributed by atoms with Crippen LogP contribution in [0.25, 0.3) is 0 Å². The van der Waals surface area contributed by atoms with Crippen LogP contribution in [0.1, 0.15) is 26.2 Å². The second-order valence-electron chi connectivity index (χ2n) is 4.46. The van der Waals surface area contributed by atoms with Gasteiger partial charge >= 0.3 is 0 Å². The third kappa shape index (κ3) is 2.70. The van der Waals surface area contributed by atoms with E-state index in [2.05, 4.69) is 17.2 Å². The maximum atomic E-state index is 11.3. The van der Waals surface area contributed by atoms with E-state index in [0.29, 0.717) is 18.5 Å². The Hall–Kier alpha value is -0.710. The number of carbonyl (C=O) groups excluding carboxylic acids is 1. The first-order valence-corrected chi connectivity index (χ1v) is 6.88. The van der Waals surface area contributed by atoms with Crippen LogP contribution in [-0.4, -0.2) is 47.4 Å². The molecule has 0 aromatic carbocycles. The Morgan fingerprint density at radius 1 is 1.62 bits per heavy atom. The lowest BCUT2D eigenvalue weighted by molar-refractivity contribution is -0.132. The van der Waals surface area contributed by atoms with Gasteiger partial charge in [-0.25, -0.2) is 0 Å². The fourth-order valence-electron chi connectivity index (χ4n) is 2.01. The summed E-state index contributed by atoms with van der Waals surface area (Å²) < 4.78 is 0. The summed E-state index contributed by atoms with van der Waals surface area (Å²) >= 11 is 1.81. The SMILES string of the molecule is CCC1CSC(NC2CCC(=O)N(C)C2)=N1. The normalized spacial score (nSPS) is 30.5. The maximum Gasteiger partial charge on any atom is 0.222 e. The number of likely N-dealkylation sites (tertiary alicyclic amines) is 1. The molecule has 1 fully saturated rings. The molecule has 16 heavy (non-hydrogen) atoms. The summed E-state index contributed by atoms with van der Waals surface area (Å²) in [6.07, 6.45) is 2.70. The van der Waals surface area contributed by atoms with Crippen molar-refractivity contribution < 1.29 is 4.79 Å². The second kappa shape index (κ2) is 5.08. The molecule has 0 saturated carbocycles. The first-order valence-electron chi connectivity index (χ1n) is 5.90. The van der Waals surface area contributed by atoms with Gasteiger partial charge in [0, 0.05) is 31.8 Å². The Bertz CT molecular complexity index is 306. The molecule has 2 heterocycles. The summed E-state index contributed by atoms with van der Waals surface area (Å²) in [4.78, 5) is 17.8. The largest absolute Gasteiger partial charge is 0.360 e. The van der Waals surface area contributed by atoms with Gasteiger partial charge in [-0.1, -0.05) is 18.7 Å². The van der Waals surface area contributed by atoms with E-state index in [-0.39, 0.29) is 5.91 Å². The fourth-order valence-corrected chi connectivity index (χ4v) is 3.14. The number of amidine groups is 1. The molecule has 90 valence electrons. The average molecular weight is 241 g/mol. The minimum atomic E-state index is 0.255. The van der Waals surface area contributed by atoms with Crippen molar-refractivity contribution in [3.05, 3.63) is 0 Å². The van der Waals surface area contributed by atoms with Gasteiger partial charge in [0.1, 0.15) is 0 Å². The van der Waals surface area contributed by atoms with Crippen molar-refractivity contribution >= 4 is 22.8 Å². The van der Waals surface area contributed by atoms with E-state index < -0.39 is 0 Å². The van der Waals surface area contributed by atoms with E-state index in [0.717, 1.165) is 30.3 Å². The number of piperidine rings is 1. The van der Waals surface area contributed by atoms with Crippen LogP contribution in [0.5, 0.6) is 0 Å². The van der Waals surface area contributed by atoms with Crippen molar-refractivity contribution in [2.24, 2.45) is 4.99 Å². The number of hydrogen-bond acceptors (Lipinski definition) is 4. The molecule has 5 heteroatoms. The van der Waals surface area contributed by atoms with Crippen LogP contribution in [0, 0.1) is 0 Å². The summed E-state index contributed by atoms with van der Waals surface area (Å²) in [5.41, 5.74) is 0. The summed E-state index contributed by atoms with van der Waals surface area (Å²) in [6.45, 7) is 2.97. The van der Waals surface area contributed by atoms with Gasteiger partial charge < -0.3 is 10.2 Å². The molecular weight excluding hydrogens is 222 g/mol. The van der Waals surface area contributed by atoms with E-state index in [1.807, 2.05) is 7.05 Å². The molecule has 0 aliphatic carbocycles. The van der Waals surface area contributed by atoms with Crippen LogP contribution < -0.4 is 5.32 Å². The van der Waals surface area contributed by atoms with Gasteiger partial charge in [-0.15, -0.1) is 0 Å². The Kier molecular flexibility index (Phi) is 3.74. The monoisotopic (exact) mass is 241 g/mol. The third-order valence-electron chi connectivity index (χ3n) is 3.14. The topological polar surface area (TPSA) is 44.7 Å². The molecule has 2 rings (SSSR count). The van der Waals surface area contributed by atoms with E-state index in [4.69, 9.17) is 0 Å². The van der Waals surface area contributed by atoms with Crippen molar-refractivity contribution in [1.29, 1.82) is 0 Å². The first kappa shape index (κ1) is 11.8. The lowest BCUT2D eigenvalue weighted by Gasteiger charge is -2.30. The zero-order chi connectivity index (χ0) is 11.5. The van der Waals surface area contributed by atoms with Gasteiger partial charge in [0.25, 0.3) is 0 Å². The molecule has 0 spiro atoms. The Morgan fingerprint density at radius 3 is 3.06 bits per heavy atom. The number of thioether (sulfide) groups is 1. The zero-order valence-corrected chi connectivity index (χ0v) is 10.7. The summed E-state index contributed by atoms with van der Waals surface area (Å²) in [6, 6.07) is 0.861. The number of likely N-dealkylation sites (N-methyl/N-ethyl adjacent to an activating group) is 1. The van der Waals surface area contributed by atoms with Gasteiger partial charge in [-0.2, -0.15) is 0 Å². The molecule has 1 N–H and O–H groups in total. The van der Waals surface area contributed by atoms with Crippen molar-refractivity contribution in [3.8, 4) is 0 Å². The maximum absolute atomic E-state index is 11.3. The fraction of sp³-hybridized carbons (Fsp3) is 0.818. The number of aliphatic imine (C=N–C) groups is 1. The van der Waals surface area contributed by atoms with Gasteiger partial charge in [0.05, 0.1) is 6.04 Å². The molecular formula is C11H19N3OS. The molecule has 0 radical (unpaired) electrons. The summed E-state index contributed by atoms with van der Waals surface area (Å²) in [5.74, 6) is 1.35. The Labute approximate surface area is 101 Å². The van der Waals surface area contributed by atoms with Crippen molar-refractivity contribution in [2.45, 2.75) is 38.3 Å². The van der Waals surface area contributed by atoms with E-state index in [1.165, 1.54) is 0 Å². The average Bonchev–Trinajstić information content (AvgIpc) is 2.71.